The van der Waals surface area contributed by atoms with Crippen molar-refractivity contribution in [2.75, 3.05) is 0 Å². The maximum Gasteiger partial charge on any atom is 0.251 e. The number of rotatable bonds is 6. The molecule has 0 fully saturated rings. The third kappa shape index (κ3) is 4.90. The molecule has 0 saturated heterocycles. The van der Waals surface area contributed by atoms with Gasteiger partial charge >= 0.3 is 0 Å². The van der Waals surface area contributed by atoms with Gasteiger partial charge in [0.15, 0.2) is 0 Å². The van der Waals surface area contributed by atoms with E-state index in [1.807, 2.05) is 48.5 Å². The molecular formula is C22H20ClNOS. The van der Waals surface area contributed by atoms with Crippen molar-refractivity contribution in [2.24, 2.45) is 0 Å². The molecule has 0 unspecified atom stereocenters. The smallest absolute Gasteiger partial charge is 0.251 e. The highest BCUT2D eigenvalue weighted by molar-refractivity contribution is 7.80. The molecule has 0 spiro atoms. The molecule has 3 aromatic rings. The highest BCUT2D eigenvalue weighted by Crippen LogP contribution is 2.31. The summed E-state index contributed by atoms with van der Waals surface area (Å²) in [6, 6.07) is 26.9. The summed E-state index contributed by atoms with van der Waals surface area (Å²) < 4.78 is 0. The minimum Gasteiger partial charge on any atom is -0.345 e. The number of carbonyl (C=O) groups excluding carboxylic acids is 1. The van der Waals surface area contributed by atoms with E-state index in [0.29, 0.717) is 17.0 Å². The lowest BCUT2D eigenvalue weighted by atomic mass is 9.98. The SMILES string of the molecule is O=C(N[C@@H](C[C@H](S)c1ccccc1)c1ccccc1)c1ccc(Cl)cc1. The first-order chi connectivity index (χ1) is 12.6. The zero-order valence-corrected chi connectivity index (χ0v) is 15.8. The molecule has 0 saturated carbocycles. The van der Waals surface area contributed by atoms with Crippen LogP contribution in [0.1, 0.15) is 39.2 Å². The monoisotopic (exact) mass is 381 g/mol. The van der Waals surface area contributed by atoms with Gasteiger partial charge in [0.05, 0.1) is 6.04 Å². The van der Waals surface area contributed by atoms with Crippen LogP contribution in [-0.2, 0) is 0 Å². The fourth-order valence-corrected chi connectivity index (χ4v) is 3.35. The van der Waals surface area contributed by atoms with Gasteiger partial charge < -0.3 is 5.32 Å². The molecule has 0 bridgehead atoms. The first kappa shape index (κ1) is 18.6. The summed E-state index contributed by atoms with van der Waals surface area (Å²) in [5, 5.41) is 3.77. The topological polar surface area (TPSA) is 29.1 Å². The number of nitrogens with one attached hydrogen (secondary N) is 1. The van der Waals surface area contributed by atoms with E-state index >= 15 is 0 Å². The summed E-state index contributed by atoms with van der Waals surface area (Å²) >= 11 is 10.7. The van der Waals surface area contributed by atoms with Gasteiger partial charge in [-0.05, 0) is 41.8 Å². The molecule has 0 aliphatic rings. The minimum absolute atomic E-state index is 0.0203. The number of benzene rings is 3. The van der Waals surface area contributed by atoms with E-state index in [1.165, 1.54) is 0 Å². The normalized spacial score (nSPS) is 13.0. The van der Waals surface area contributed by atoms with Crippen molar-refractivity contribution in [2.45, 2.75) is 17.7 Å². The molecule has 3 aromatic carbocycles. The fraction of sp³-hybridized carbons (Fsp3) is 0.136. The lowest BCUT2D eigenvalue weighted by molar-refractivity contribution is 0.0934. The van der Waals surface area contributed by atoms with Crippen LogP contribution in [0, 0.1) is 0 Å². The Morgan fingerprint density at radius 2 is 1.38 bits per heavy atom. The summed E-state index contributed by atoms with van der Waals surface area (Å²) in [6.07, 6.45) is 0.691. The third-order valence-corrected chi connectivity index (χ3v) is 5.02. The Hall–Kier alpha value is -2.23. The van der Waals surface area contributed by atoms with Gasteiger partial charge in [0, 0.05) is 15.8 Å². The van der Waals surface area contributed by atoms with Crippen LogP contribution in [-0.4, -0.2) is 5.91 Å². The average Bonchev–Trinajstić information content (AvgIpc) is 2.69. The zero-order chi connectivity index (χ0) is 18.4. The van der Waals surface area contributed by atoms with Crippen molar-refractivity contribution in [3.8, 4) is 0 Å². The Labute approximate surface area is 164 Å². The standard InChI is InChI=1S/C22H20ClNOS/c23-19-13-11-18(12-14-19)22(25)24-20(16-7-3-1-4-8-16)15-21(26)17-9-5-2-6-10-17/h1-14,20-21,26H,15H2,(H,24,25)/t20-,21-/m0/s1. The van der Waals surface area contributed by atoms with E-state index in [9.17, 15) is 4.79 Å². The molecular weight excluding hydrogens is 362 g/mol. The number of halogens is 1. The van der Waals surface area contributed by atoms with Gasteiger partial charge in [-0.15, -0.1) is 0 Å². The van der Waals surface area contributed by atoms with Crippen LogP contribution in [0.5, 0.6) is 0 Å². The maximum atomic E-state index is 12.7. The van der Waals surface area contributed by atoms with Crippen molar-refractivity contribution in [3.63, 3.8) is 0 Å². The number of hydrogen-bond donors (Lipinski definition) is 2. The van der Waals surface area contributed by atoms with E-state index in [-0.39, 0.29) is 17.2 Å². The summed E-state index contributed by atoms with van der Waals surface area (Å²) in [5.41, 5.74) is 2.79. The van der Waals surface area contributed by atoms with Gasteiger partial charge in [-0.25, -0.2) is 0 Å². The summed E-state index contributed by atoms with van der Waals surface area (Å²) in [4.78, 5) is 12.7. The molecule has 2 nitrogen and oxygen atoms in total. The zero-order valence-electron chi connectivity index (χ0n) is 14.2. The molecule has 1 N–H and O–H groups in total. The van der Waals surface area contributed by atoms with Gasteiger partial charge in [-0.2, -0.15) is 12.6 Å². The van der Waals surface area contributed by atoms with Gasteiger partial charge in [-0.3, -0.25) is 4.79 Å². The van der Waals surface area contributed by atoms with Crippen molar-refractivity contribution >= 4 is 30.1 Å². The van der Waals surface area contributed by atoms with Crippen molar-refractivity contribution in [1.82, 2.24) is 5.32 Å². The summed E-state index contributed by atoms with van der Waals surface area (Å²) in [5.74, 6) is -0.121. The summed E-state index contributed by atoms with van der Waals surface area (Å²) in [6.45, 7) is 0. The molecule has 0 aromatic heterocycles. The van der Waals surface area contributed by atoms with Crippen LogP contribution >= 0.6 is 24.2 Å². The molecule has 1 amide bonds. The number of carbonyl (C=O) groups is 1. The number of thiol groups is 1. The largest absolute Gasteiger partial charge is 0.345 e. The lowest BCUT2D eigenvalue weighted by Crippen LogP contribution is -2.29. The molecule has 0 heterocycles. The number of hydrogen-bond acceptors (Lipinski definition) is 2. The predicted octanol–water partition coefficient (Wildman–Crippen LogP) is 5.87. The van der Waals surface area contributed by atoms with Crippen LogP contribution in [0.25, 0.3) is 0 Å². The van der Waals surface area contributed by atoms with Crippen LogP contribution < -0.4 is 5.32 Å². The van der Waals surface area contributed by atoms with Gasteiger partial charge in [-0.1, -0.05) is 72.3 Å². The summed E-state index contributed by atoms with van der Waals surface area (Å²) in [7, 11) is 0. The Kier molecular flexibility index (Phi) is 6.37. The van der Waals surface area contributed by atoms with Gasteiger partial charge in [0.25, 0.3) is 5.91 Å². The van der Waals surface area contributed by atoms with Crippen LogP contribution in [0.15, 0.2) is 84.9 Å². The first-order valence-corrected chi connectivity index (χ1v) is 9.37. The second-order valence-corrected chi connectivity index (χ2v) is 7.17. The molecule has 0 aliphatic carbocycles. The maximum absolute atomic E-state index is 12.7. The third-order valence-electron chi connectivity index (χ3n) is 4.26. The highest BCUT2D eigenvalue weighted by atomic mass is 35.5. The molecule has 4 heteroatoms. The highest BCUT2D eigenvalue weighted by Gasteiger charge is 2.20. The van der Waals surface area contributed by atoms with Crippen molar-refractivity contribution in [1.29, 1.82) is 0 Å². The number of amides is 1. The second-order valence-electron chi connectivity index (χ2n) is 6.11. The molecule has 3 rings (SSSR count). The van der Waals surface area contributed by atoms with Gasteiger partial charge in [0.2, 0.25) is 0 Å². The fourth-order valence-electron chi connectivity index (χ4n) is 2.84. The second kappa shape index (κ2) is 8.93. The quantitative estimate of drug-likeness (QED) is 0.513. The Bertz CT molecular complexity index is 837. The Morgan fingerprint density at radius 1 is 0.846 bits per heavy atom. The van der Waals surface area contributed by atoms with E-state index in [2.05, 4.69) is 17.4 Å². The van der Waals surface area contributed by atoms with Gasteiger partial charge in [0.1, 0.15) is 0 Å². The van der Waals surface area contributed by atoms with Crippen LogP contribution in [0.4, 0.5) is 0 Å². The molecule has 0 radical (unpaired) electrons. The van der Waals surface area contributed by atoms with E-state index < -0.39 is 0 Å². The Morgan fingerprint density at radius 3 is 1.96 bits per heavy atom. The van der Waals surface area contributed by atoms with E-state index in [1.54, 1.807) is 24.3 Å². The molecule has 26 heavy (non-hydrogen) atoms. The molecule has 132 valence electrons. The molecule has 2 atom stereocenters. The Balaban J connectivity index is 1.79. The van der Waals surface area contributed by atoms with Crippen molar-refractivity contribution < 1.29 is 4.79 Å². The van der Waals surface area contributed by atoms with Crippen LogP contribution in [0.3, 0.4) is 0 Å². The first-order valence-electron chi connectivity index (χ1n) is 8.48. The van der Waals surface area contributed by atoms with Crippen molar-refractivity contribution in [3.05, 3.63) is 107 Å². The van der Waals surface area contributed by atoms with E-state index in [0.717, 1.165) is 11.1 Å². The van der Waals surface area contributed by atoms with Crippen LogP contribution in [0.2, 0.25) is 5.02 Å². The average molecular weight is 382 g/mol. The predicted molar refractivity (Wildman–Crippen MR) is 111 cm³/mol. The minimum atomic E-state index is -0.137. The molecule has 0 aliphatic heterocycles. The lowest BCUT2D eigenvalue weighted by Gasteiger charge is -2.23. The van der Waals surface area contributed by atoms with E-state index in [4.69, 9.17) is 24.2 Å².